The topological polar surface area (TPSA) is 72.5 Å². The zero-order valence-corrected chi connectivity index (χ0v) is 10.3. The van der Waals surface area contributed by atoms with Crippen molar-refractivity contribution in [2.45, 2.75) is 18.9 Å². The van der Waals surface area contributed by atoms with Gasteiger partial charge < -0.3 is 15.6 Å². The second-order valence-corrected chi connectivity index (χ2v) is 4.05. The molecule has 0 aromatic heterocycles. The van der Waals surface area contributed by atoms with Crippen LogP contribution in [0.1, 0.15) is 24.4 Å². The Morgan fingerprint density at radius 2 is 2.22 bits per heavy atom. The standard InChI is InChI=1S/C11H12ClF2NO3/c1-18-11-6(13)4-5(12)10(14)9(11)7(15)2-3-8(16)17/h4,7H,2-3,15H2,1H3,(H,16,17). The number of ether oxygens (including phenoxy) is 1. The van der Waals surface area contributed by atoms with E-state index in [1.54, 1.807) is 0 Å². The SMILES string of the molecule is COc1c(F)cc(Cl)c(F)c1C(N)CCC(=O)O. The van der Waals surface area contributed by atoms with E-state index in [9.17, 15) is 13.6 Å². The Morgan fingerprint density at radius 1 is 1.61 bits per heavy atom. The molecular formula is C11H12ClF2NO3. The second-order valence-electron chi connectivity index (χ2n) is 3.64. The maximum Gasteiger partial charge on any atom is 0.303 e. The van der Waals surface area contributed by atoms with Crippen molar-refractivity contribution in [3.63, 3.8) is 0 Å². The van der Waals surface area contributed by atoms with Crippen molar-refractivity contribution in [2.75, 3.05) is 7.11 Å². The maximum absolute atomic E-state index is 13.8. The zero-order chi connectivity index (χ0) is 13.9. The Labute approximate surface area is 107 Å². The van der Waals surface area contributed by atoms with Crippen LogP contribution in [0.15, 0.2) is 6.07 Å². The summed E-state index contributed by atoms with van der Waals surface area (Å²) in [6.45, 7) is 0. The summed E-state index contributed by atoms with van der Waals surface area (Å²) in [5.74, 6) is -3.17. The highest BCUT2D eigenvalue weighted by atomic mass is 35.5. The van der Waals surface area contributed by atoms with Crippen LogP contribution in [0.5, 0.6) is 5.75 Å². The lowest BCUT2D eigenvalue weighted by Crippen LogP contribution is -2.16. The Hall–Kier alpha value is -1.40. The van der Waals surface area contributed by atoms with Gasteiger partial charge in [-0.25, -0.2) is 8.78 Å². The van der Waals surface area contributed by atoms with Gasteiger partial charge in [0, 0.05) is 12.5 Å². The first-order valence-electron chi connectivity index (χ1n) is 5.07. The summed E-state index contributed by atoms with van der Waals surface area (Å²) in [5.41, 5.74) is 5.40. The summed E-state index contributed by atoms with van der Waals surface area (Å²) in [6.07, 6.45) is -0.319. The molecule has 0 saturated heterocycles. The van der Waals surface area contributed by atoms with Crippen LogP contribution in [-0.4, -0.2) is 18.2 Å². The van der Waals surface area contributed by atoms with Gasteiger partial charge in [0.1, 0.15) is 5.82 Å². The number of carboxylic acid groups (broad SMARTS) is 1. The highest BCUT2D eigenvalue weighted by molar-refractivity contribution is 6.30. The third kappa shape index (κ3) is 3.08. The quantitative estimate of drug-likeness (QED) is 0.812. The Kier molecular flexibility index (Phi) is 4.86. The van der Waals surface area contributed by atoms with Crippen LogP contribution in [0.2, 0.25) is 5.02 Å². The van der Waals surface area contributed by atoms with E-state index in [0.29, 0.717) is 0 Å². The lowest BCUT2D eigenvalue weighted by Gasteiger charge is -2.17. The number of methoxy groups -OCH3 is 1. The molecule has 0 spiro atoms. The van der Waals surface area contributed by atoms with Gasteiger partial charge in [0.2, 0.25) is 0 Å². The minimum absolute atomic E-state index is 0.0532. The van der Waals surface area contributed by atoms with E-state index in [-0.39, 0.29) is 24.2 Å². The average Bonchev–Trinajstić information content (AvgIpc) is 2.30. The van der Waals surface area contributed by atoms with Crippen LogP contribution < -0.4 is 10.5 Å². The van der Waals surface area contributed by atoms with Crippen molar-refractivity contribution < 1.29 is 23.4 Å². The Balaban J connectivity index is 3.16. The molecule has 0 aliphatic carbocycles. The van der Waals surface area contributed by atoms with Gasteiger partial charge >= 0.3 is 5.97 Å². The van der Waals surface area contributed by atoms with Gasteiger partial charge in [-0.15, -0.1) is 0 Å². The van der Waals surface area contributed by atoms with E-state index in [1.807, 2.05) is 0 Å². The highest BCUT2D eigenvalue weighted by Crippen LogP contribution is 2.35. The number of carboxylic acids is 1. The minimum atomic E-state index is -1.08. The van der Waals surface area contributed by atoms with E-state index >= 15 is 0 Å². The summed E-state index contributed by atoms with van der Waals surface area (Å²) in [5, 5.41) is 8.11. The van der Waals surface area contributed by atoms with E-state index in [0.717, 1.165) is 6.07 Å². The van der Waals surface area contributed by atoms with Gasteiger partial charge in [-0.2, -0.15) is 0 Å². The first-order valence-corrected chi connectivity index (χ1v) is 5.45. The lowest BCUT2D eigenvalue weighted by atomic mass is 10.0. The van der Waals surface area contributed by atoms with Crippen LogP contribution in [0.3, 0.4) is 0 Å². The Morgan fingerprint density at radius 3 is 2.72 bits per heavy atom. The molecule has 0 saturated carbocycles. The first kappa shape index (κ1) is 14.7. The van der Waals surface area contributed by atoms with Crippen LogP contribution in [0.4, 0.5) is 8.78 Å². The van der Waals surface area contributed by atoms with Crippen molar-refractivity contribution >= 4 is 17.6 Å². The number of hydrogen-bond donors (Lipinski definition) is 2. The van der Waals surface area contributed by atoms with Gasteiger partial charge in [-0.1, -0.05) is 11.6 Å². The molecule has 100 valence electrons. The normalized spacial score (nSPS) is 12.3. The van der Waals surface area contributed by atoms with E-state index in [2.05, 4.69) is 0 Å². The molecular weight excluding hydrogens is 268 g/mol. The molecule has 3 N–H and O–H groups in total. The van der Waals surface area contributed by atoms with Crippen molar-refractivity contribution in [3.05, 3.63) is 28.3 Å². The smallest absolute Gasteiger partial charge is 0.303 e. The van der Waals surface area contributed by atoms with Crippen LogP contribution in [0.25, 0.3) is 0 Å². The number of nitrogens with two attached hydrogens (primary N) is 1. The average molecular weight is 280 g/mol. The summed E-state index contributed by atoms with van der Waals surface area (Å²) < 4.78 is 32.0. The molecule has 1 unspecified atom stereocenters. The molecule has 18 heavy (non-hydrogen) atoms. The number of carbonyl (C=O) groups is 1. The molecule has 7 heteroatoms. The largest absolute Gasteiger partial charge is 0.493 e. The molecule has 0 fully saturated rings. The third-order valence-electron chi connectivity index (χ3n) is 2.41. The highest BCUT2D eigenvalue weighted by Gasteiger charge is 2.23. The predicted octanol–water partition coefficient (Wildman–Crippen LogP) is 2.49. The fourth-order valence-corrected chi connectivity index (χ4v) is 1.76. The summed E-state index contributed by atoms with van der Waals surface area (Å²) in [4.78, 5) is 10.4. The van der Waals surface area contributed by atoms with Gasteiger partial charge in [0.25, 0.3) is 0 Å². The van der Waals surface area contributed by atoms with Crippen molar-refractivity contribution in [1.29, 1.82) is 0 Å². The Bertz CT molecular complexity index is 468. The van der Waals surface area contributed by atoms with E-state index in [1.165, 1.54) is 7.11 Å². The molecule has 0 heterocycles. The van der Waals surface area contributed by atoms with Gasteiger partial charge in [0.05, 0.1) is 17.7 Å². The molecule has 0 bridgehead atoms. The lowest BCUT2D eigenvalue weighted by molar-refractivity contribution is -0.137. The fraction of sp³-hybridized carbons (Fsp3) is 0.364. The zero-order valence-electron chi connectivity index (χ0n) is 9.54. The van der Waals surface area contributed by atoms with Crippen LogP contribution in [0, 0.1) is 11.6 Å². The van der Waals surface area contributed by atoms with Gasteiger partial charge in [-0.3, -0.25) is 4.79 Å². The number of halogens is 3. The monoisotopic (exact) mass is 279 g/mol. The summed E-state index contributed by atoms with van der Waals surface area (Å²) >= 11 is 5.51. The van der Waals surface area contributed by atoms with Gasteiger partial charge in [-0.05, 0) is 12.5 Å². The van der Waals surface area contributed by atoms with E-state index in [4.69, 9.17) is 27.2 Å². The molecule has 1 rings (SSSR count). The second kappa shape index (κ2) is 5.97. The van der Waals surface area contributed by atoms with Crippen molar-refractivity contribution in [2.24, 2.45) is 5.73 Å². The van der Waals surface area contributed by atoms with E-state index < -0.39 is 28.7 Å². The molecule has 0 aliphatic heterocycles. The molecule has 0 aliphatic rings. The molecule has 0 radical (unpaired) electrons. The molecule has 4 nitrogen and oxygen atoms in total. The molecule has 0 amide bonds. The van der Waals surface area contributed by atoms with Gasteiger partial charge in [0.15, 0.2) is 11.6 Å². The number of benzene rings is 1. The molecule has 1 aromatic carbocycles. The fourth-order valence-electron chi connectivity index (χ4n) is 1.56. The molecule has 1 aromatic rings. The van der Waals surface area contributed by atoms with Crippen molar-refractivity contribution in [1.82, 2.24) is 0 Å². The summed E-state index contributed by atoms with van der Waals surface area (Å²) in [6, 6.07) is -0.229. The maximum atomic E-state index is 13.8. The van der Waals surface area contributed by atoms with Crippen molar-refractivity contribution in [3.8, 4) is 5.75 Å². The third-order valence-corrected chi connectivity index (χ3v) is 2.68. The number of aliphatic carboxylic acids is 1. The minimum Gasteiger partial charge on any atom is -0.493 e. The predicted molar refractivity (Wildman–Crippen MR) is 61.7 cm³/mol. The number of rotatable bonds is 5. The first-order chi connectivity index (χ1) is 8.38. The number of hydrogen-bond acceptors (Lipinski definition) is 3. The summed E-state index contributed by atoms with van der Waals surface area (Å²) in [7, 11) is 1.17. The van der Waals surface area contributed by atoms with Crippen LogP contribution >= 0.6 is 11.6 Å². The van der Waals surface area contributed by atoms with Crippen LogP contribution in [-0.2, 0) is 4.79 Å². The molecule has 1 atom stereocenters.